The molecule has 4 heteroatoms. The number of aryl methyl sites for hydroxylation is 1. The lowest BCUT2D eigenvalue weighted by Gasteiger charge is -2.28. The van der Waals surface area contributed by atoms with Crippen molar-refractivity contribution >= 4 is 17.3 Å². The topological polar surface area (TPSA) is 50.2 Å². The monoisotopic (exact) mass is 287 g/mol. The van der Waals surface area contributed by atoms with Gasteiger partial charge in [-0.15, -0.1) is 11.3 Å². The molecule has 20 heavy (non-hydrogen) atoms. The number of benzene rings is 1. The zero-order valence-electron chi connectivity index (χ0n) is 11.6. The maximum atomic E-state index is 11.1. The van der Waals surface area contributed by atoms with Crippen LogP contribution in [0.2, 0.25) is 0 Å². The van der Waals surface area contributed by atoms with E-state index in [0.717, 1.165) is 17.0 Å². The Morgan fingerprint density at radius 2 is 2.20 bits per heavy atom. The summed E-state index contributed by atoms with van der Waals surface area (Å²) < 4.78 is 0. The molecule has 104 valence electrons. The van der Waals surface area contributed by atoms with Gasteiger partial charge < -0.3 is 5.11 Å². The lowest BCUT2D eigenvalue weighted by atomic mass is 9.79. The van der Waals surface area contributed by atoms with Gasteiger partial charge in [0.2, 0.25) is 0 Å². The van der Waals surface area contributed by atoms with E-state index in [9.17, 15) is 4.79 Å². The van der Waals surface area contributed by atoms with Gasteiger partial charge in [-0.05, 0) is 31.4 Å². The Morgan fingerprint density at radius 3 is 2.90 bits per heavy atom. The number of thiazole rings is 1. The molecule has 0 saturated heterocycles. The number of carbonyl (C=O) groups is 1. The number of carboxylic acid groups (broad SMARTS) is 1. The second-order valence-electron chi connectivity index (χ2n) is 5.91. The molecule has 0 amide bonds. The van der Waals surface area contributed by atoms with E-state index in [4.69, 9.17) is 10.1 Å². The molecular formula is C16H17NO2S. The standard InChI is InChI=1S/C16H17NO2S/c1-16(2)8-4-7-12-13(16)17-14(20-12)10-5-3-6-11(9-10)15(18)19/h3,5-6,9H,4,7-8H2,1-2H3,(H,18,19). The number of aromatic carboxylic acids is 1. The van der Waals surface area contributed by atoms with Crippen LogP contribution >= 0.6 is 11.3 Å². The van der Waals surface area contributed by atoms with E-state index >= 15 is 0 Å². The predicted octanol–water partition coefficient (Wildman–Crippen LogP) is 4.12. The number of aromatic nitrogens is 1. The molecule has 1 aliphatic rings. The largest absolute Gasteiger partial charge is 0.478 e. The summed E-state index contributed by atoms with van der Waals surface area (Å²) in [7, 11) is 0. The number of rotatable bonds is 2. The molecule has 1 aromatic heterocycles. The van der Waals surface area contributed by atoms with Gasteiger partial charge in [0.05, 0.1) is 11.3 Å². The lowest BCUT2D eigenvalue weighted by Crippen LogP contribution is -2.23. The molecule has 1 N–H and O–H groups in total. The smallest absolute Gasteiger partial charge is 0.335 e. The minimum Gasteiger partial charge on any atom is -0.478 e. The second-order valence-corrected chi connectivity index (χ2v) is 7.00. The van der Waals surface area contributed by atoms with Gasteiger partial charge >= 0.3 is 5.97 Å². The fourth-order valence-corrected chi connectivity index (χ4v) is 4.05. The van der Waals surface area contributed by atoms with E-state index in [-0.39, 0.29) is 5.41 Å². The van der Waals surface area contributed by atoms with E-state index in [1.54, 1.807) is 29.5 Å². The van der Waals surface area contributed by atoms with Crippen LogP contribution < -0.4 is 0 Å². The highest BCUT2D eigenvalue weighted by molar-refractivity contribution is 7.15. The van der Waals surface area contributed by atoms with Crippen molar-refractivity contribution in [1.82, 2.24) is 4.98 Å². The molecule has 0 unspecified atom stereocenters. The maximum absolute atomic E-state index is 11.1. The maximum Gasteiger partial charge on any atom is 0.335 e. The third-order valence-electron chi connectivity index (χ3n) is 3.90. The summed E-state index contributed by atoms with van der Waals surface area (Å²) in [4.78, 5) is 17.2. The summed E-state index contributed by atoms with van der Waals surface area (Å²) in [5.41, 5.74) is 2.55. The highest BCUT2D eigenvalue weighted by Gasteiger charge is 2.31. The summed E-state index contributed by atoms with van der Waals surface area (Å²) >= 11 is 1.71. The molecule has 0 radical (unpaired) electrons. The molecule has 0 fully saturated rings. The van der Waals surface area contributed by atoms with Crippen LogP contribution in [0.5, 0.6) is 0 Å². The van der Waals surface area contributed by atoms with Crippen molar-refractivity contribution in [2.24, 2.45) is 0 Å². The van der Waals surface area contributed by atoms with Crippen LogP contribution in [-0.2, 0) is 11.8 Å². The molecule has 3 rings (SSSR count). The van der Waals surface area contributed by atoms with Crippen molar-refractivity contribution in [3.8, 4) is 10.6 Å². The summed E-state index contributed by atoms with van der Waals surface area (Å²) in [6, 6.07) is 7.04. The Hall–Kier alpha value is -1.68. The third kappa shape index (κ3) is 2.24. The quantitative estimate of drug-likeness (QED) is 0.903. The van der Waals surface area contributed by atoms with Crippen molar-refractivity contribution < 1.29 is 9.90 Å². The van der Waals surface area contributed by atoms with Crippen LogP contribution in [0.1, 0.15) is 47.6 Å². The number of carboxylic acids is 1. The summed E-state index contributed by atoms with van der Waals surface area (Å²) in [5.74, 6) is -0.895. The lowest BCUT2D eigenvalue weighted by molar-refractivity contribution is 0.0697. The Bertz CT molecular complexity index is 673. The SMILES string of the molecule is CC1(C)CCCc2sc(-c3cccc(C(=O)O)c3)nc21. The Labute approximate surface area is 122 Å². The number of fused-ring (bicyclic) bond motifs is 1. The summed E-state index contributed by atoms with van der Waals surface area (Å²) in [5, 5.41) is 10.0. The van der Waals surface area contributed by atoms with Gasteiger partial charge in [0, 0.05) is 15.9 Å². The molecule has 2 aromatic rings. The molecule has 1 aliphatic carbocycles. The minimum atomic E-state index is -0.895. The van der Waals surface area contributed by atoms with Gasteiger partial charge in [-0.1, -0.05) is 26.0 Å². The first-order valence-corrected chi connectivity index (χ1v) is 7.63. The number of nitrogens with zero attached hydrogens (tertiary/aromatic N) is 1. The van der Waals surface area contributed by atoms with E-state index in [1.165, 1.54) is 23.4 Å². The number of hydrogen-bond donors (Lipinski definition) is 1. The van der Waals surface area contributed by atoms with Gasteiger partial charge in [0.25, 0.3) is 0 Å². The molecular weight excluding hydrogens is 270 g/mol. The third-order valence-corrected chi connectivity index (χ3v) is 5.06. The first-order valence-electron chi connectivity index (χ1n) is 6.81. The molecule has 3 nitrogen and oxygen atoms in total. The molecule has 0 atom stereocenters. The Kier molecular flexibility index (Phi) is 3.13. The highest BCUT2D eigenvalue weighted by atomic mass is 32.1. The van der Waals surface area contributed by atoms with Crippen molar-refractivity contribution in [1.29, 1.82) is 0 Å². The zero-order chi connectivity index (χ0) is 14.3. The molecule has 0 bridgehead atoms. The van der Waals surface area contributed by atoms with Crippen LogP contribution in [0.3, 0.4) is 0 Å². The molecule has 1 heterocycles. The zero-order valence-corrected chi connectivity index (χ0v) is 12.5. The van der Waals surface area contributed by atoms with Crippen molar-refractivity contribution in [3.05, 3.63) is 40.4 Å². The Morgan fingerprint density at radius 1 is 1.40 bits per heavy atom. The van der Waals surface area contributed by atoms with Crippen molar-refractivity contribution in [3.63, 3.8) is 0 Å². The summed E-state index contributed by atoms with van der Waals surface area (Å²) in [6.07, 6.45) is 3.46. The van der Waals surface area contributed by atoms with Gasteiger partial charge in [-0.3, -0.25) is 0 Å². The predicted molar refractivity (Wildman–Crippen MR) is 80.5 cm³/mol. The van der Waals surface area contributed by atoms with Crippen LogP contribution in [0.25, 0.3) is 10.6 Å². The molecule has 0 spiro atoms. The van der Waals surface area contributed by atoms with Gasteiger partial charge in [0.15, 0.2) is 0 Å². The van der Waals surface area contributed by atoms with E-state index in [0.29, 0.717) is 5.56 Å². The summed E-state index contributed by atoms with van der Waals surface area (Å²) in [6.45, 7) is 4.48. The Balaban J connectivity index is 2.06. The van der Waals surface area contributed by atoms with Gasteiger partial charge in [0.1, 0.15) is 5.01 Å². The molecule has 0 saturated carbocycles. The first-order chi connectivity index (χ1) is 9.47. The van der Waals surface area contributed by atoms with Crippen molar-refractivity contribution in [2.75, 3.05) is 0 Å². The normalized spacial score (nSPS) is 16.7. The second kappa shape index (κ2) is 4.70. The van der Waals surface area contributed by atoms with Crippen LogP contribution in [0.4, 0.5) is 0 Å². The minimum absolute atomic E-state index is 0.132. The van der Waals surface area contributed by atoms with Crippen LogP contribution in [0, 0.1) is 0 Å². The van der Waals surface area contributed by atoms with E-state index < -0.39 is 5.97 Å². The van der Waals surface area contributed by atoms with Gasteiger partial charge in [-0.2, -0.15) is 0 Å². The van der Waals surface area contributed by atoms with E-state index in [2.05, 4.69) is 13.8 Å². The van der Waals surface area contributed by atoms with Crippen LogP contribution in [0.15, 0.2) is 24.3 Å². The average molecular weight is 287 g/mol. The molecule has 0 aliphatic heterocycles. The highest BCUT2D eigenvalue weighted by Crippen LogP contribution is 2.41. The fourth-order valence-electron chi connectivity index (χ4n) is 2.77. The fraction of sp³-hybridized carbons (Fsp3) is 0.375. The van der Waals surface area contributed by atoms with E-state index in [1.807, 2.05) is 6.07 Å². The average Bonchev–Trinajstić information content (AvgIpc) is 2.84. The number of hydrogen-bond acceptors (Lipinski definition) is 3. The van der Waals surface area contributed by atoms with Crippen molar-refractivity contribution in [2.45, 2.75) is 38.5 Å². The van der Waals surface area contributed by atoms with Crippen LogP contribution in [-0.4, -0.2) is 16.1 Å². The van der Waals surface area contributed by atoms with Gasteiger partial charge in [-0.25, -0.2) is 9.78 Å². The molecule has 1 aromatic carbocycles. The first kappa shape index (κ1) is 13.3.